The van der Waals surface area contributed by atoms with E-state index >= 15 is 0 Å². The molecular formula is C12H13IN2O. The highest BCUT2D eigenvalue weighted by atomic mass is 127. The lowest BCUT2D eigenvalue weighted by Gasteiger charge is -2.10. The molecule has 2 rings (SSSR count). The molecule has 0 bridgehead atoms. The molecule has 1 aromatic heterocycles. The number of likely N-dealkylation sites (N-methyl/N-ethyl adjacent to an activating group) is 1. The van der Waals surface area contributed by atoms with E-state index in [4.69, 9.17) is 0 Å². The second-order valence-corrected chi connectivity index (χ2v) is 4.77. The van der Waals surface area contributed by atoms with E-state index in [1.807, 2.05) is 54.0 Å². The first kappa shape index (κ1) is 11.6. The van der Waals surface area contributed by atoms with E-state index in [1.165, 1.54) is 10.9 Å². The van der Waals surface area contributed by atoms with Crippen LogP contribution in [0.25, 0.3) is 10.9 Å². The van der Waals surface area contributed by atoms with Gasteiger partial charge in [-0.3, -0.25) is 4.79 Å². The number of aromatic nitrogens is 1. The zero-order valence-corrected chi connectivity index (χ0v) is 11.1. The fourth-order valence-corrected chi connectivity index (χ4v) is 2.35. The largest absolute Gasteiger partial charge is 0.361 e. The molecule has 1 atom stereocenters. The van der Waals surface area contributed by atoms with Gasteiger partial charge in [-0.15, -0.1) is 0 Å². The van der Waals surface area contributed by atoms with E-state index in [-0.39, 0.29) is 9.83 Å². The number of carbonyl (C=O) groups is 1. The van der Waals surface area contributed by atoms with Gasteiger partial charge in [0.2, 0.25) is 3.79 Å². The van der Waals surface area contributed by atoms with Crippen LogP contribution in [-0.4, -0.2) is 21.9 Å². The van der Waals surface area contributed by atoms with E-state index in [9.17, 15) is 4.79 Å². The Labute approximate surface area is 108 Å². The van der Waals surface area contributed by atoms with Crippen molar-refractivity contribution in [2.75, 3.05) is 7.05 Å². The van der Waals surface area contributed by atoms with Gasteiger partial charge in [-0.2, -0.15) is 0 Å². The zero-order valence-electron chi connectivity index (χ0n) is 8.96. The smallest absolute Gasteiger partial charge is 0.209 e. The van der Waals surface area contributed by atoms with Crippen molar-refractivity contribution in [3.05, 3.63) is 36.0 Å². The van der Waals surface area contributed by atoms with Crippen LogP contribution in [0.4, 0.5) is 0 Å². The summed E-state index contributed by atoms with van der Waals surface area (Å²) in [6, 6.07) is 8.02. The lowest BCUT2D eigenvalue weighted by molar-refractivity contribution is -0.111. The van der Waals surface area contributed by atoms with Crippen LogP contribution in [0.15, 0.2) is 30.5 Å². The van der Waals surface area contributed by atoms with Crippen molar-refractivity contribution in [2.24, 2.45) is 0 Å². The summed E-state index contributed by atoms with van der Waals surface area (Å²) in [7, 11) is 1.82. The van der Waals surface area contributed by atoms with E-state index in [1.54, 1.807) is 0 Å². The number of rotatable bonds is 4. The fraction of sp³-hybridized carbons (Fsp3) is 0.250. The highest BCUT2D eigenvalue weighted by molar-refractivity contribution is 14.1. The Hall–Kier alpha value is -0.880. The first-order chi connectivity index (χ1) is 7.72. The molecule has 3 nitrogen and oxygen atoms in total. The quantitative estimate of drug-likeness (QED) is 0.668. The molecule has 2 aromatic rings. The monoisotopic (exact) mass is 328 g/mol. The molecule has 0 aliphatic heterocycles. The molecule has 2 N–H and O–H groups in total. The average Bonchev–Trinajstić information content (AvgIpc) is 2.69. The second kappa shape index (κ2) is 4.97. The van der Waals surface area contributed by atoms with Crippen molar-refractivity contribution in [1.82, 2.24) is 10.3 Å². The lowest BCUT2D eigenvalue weighted by atomic mass is 10.1. The number of fused-ring (bicyclic) bond motifs is 1. The van der Waals surface area contributed by atoms with Crippen LogP contribution in [-0.2, 0) is 11.2 Å². The van der Waals surface area contributed by atoms with E-state index in [2.05, 4.69) is 16.4 Å². The van der Waals surface area contributed by atoms with Crippen molar-refractivity contribution in [3.8, 4) is 0 Å². The van der Waals surface area contributed by atoms with Crippen molar-refractivity contribution in [1.29, 1.82) is 0 Å². The van der Waals surface area contributed by atoms with E-state index in [0.29, 0.717) is 0 Å². The molecule has 84 valence electrons. The molecule has 0 radical (unpaired) electrons. The van der Waals surface area contributed by atoms with E-state index < -0.39 is 0 Å². The van der Waals surface area contributed by atoms with Crippen molar-refractivity contribution in [2.45, 2.75) is 12.5 Å². The van der Waals surface area contributed by atoms with Crippen molar-refractivity contribution < 1.29 is 4.79 Å². The van der Waals surface area contributed by atoms with Crippen LogP contribution < -0.4 is 5.32 Å². The Morgan fingerprint density at radius 3 is 2.94 bits per heavy atom. The number of benzene rings is 1. The molecular weight excluding hydrogens is 315 g/mol. The number of para-hydroxylation sites is 1. The lowest BCUT2D eigenvalue weighted by Crippen LogP contribution is -2.32. The number of nitrogens with one attached hydrogen (secondary N) is 2. The van der Waals surface area contributed by atoms with Crippen LogP contribution in [0.5, 0.6) is 0 Å². The van der Waals surface area contributed by atoms with Gasteiger partial charge in [-0.1, -0.05) is 18.2 Å². The minimum Gasteiger partial charge on any atom is -0.361 e. The van der Waals surface area contributed by atoms with Crippen LogP contribution in [0.3, 0.4) is 0 Å². The van der Waals surface area contributed by atoms with Crippen LogP contribution in [0, 0.1) is 0 Å². The first-order valence-electron chi connectivity index (χ1n) is 5.14. The number of halogens is 1. The van der Waals surface area contributed by atoms with Gasteiger partial charge in [0.1, 0.15) is 0 Å². The van der Waals surface area contributed by atoms with Gasteiger partial charge in [0.15, 0.2) is 0 Å². The Balaban J connectivity index is 2.30. The normalized spacial score (nSPS) is 12.9. The Kier molecular flexibility index (Phi) is 3.60. The number of H-pyrrole nitrogens is 1. The average molecular weight is 328 g/mol. The summed E-state index contributed by atoms with van der Waals surface area (Å²) in [6.45, 7) is 0. The summed E-state index contributed by atoms with van der Waals surface area (Å²) in [6.07, 6.45) is 2.71. The molecule has 0 aliphatic carbocycles. The third kappa shape index (κ3) is 2.27. The predicted molar refractivity (Wildman–Crippen MR) is 73.9 cm³/mol. The van der Waals surface area contributed by atoms with E-state index in [0.717, 1.165) is 11.9 Å². The maximum Gasteiger partial charge on any atom is 0.209 e. The standard InChI is InChI=1S/C12H13IN2O/c1-14-11(12(13)16)6-8-7-15-10-5-3-2-4-9(8)10/h2-5,7,11,14-15H,6H2,1H3/t11-/m0/s1. The number of hydrogen-bond acceptors (Lipinski definition) is 2. The van der Waals surface area contributed by atoms with Gasteiger partial charge >= 0.3 is 0 Å². The summed E-state index contributed by atoms with van der Waals surface area (Å²) in [5.41, 5.74) is 2.30. The molecule has 0 amide bonds. The maximum atomic E-state index is 11.4. The minimum absolute atomic E-state index is 0.111. The topological polar surface area (TPSA) is 44.9 Å². The van der Waals surface area contributed by atoms with Gasteiger partial charge < -0.3 is 10.3 Å². The zero-order chi connectivity index (χ0) is 11.5. The van der Waals surface area contributed by atoms with Crippen LogP contribution in [0.1, 0.15) is 5.56 Å². The summed E-state index contributed by atoms with van der Waals surface area (Å²) < 4.78 is 0.144. The number of carbonyl (C=O) groups excluding carboxylic acids is 1. The predicted octanol–water partition coefficient (Wildman–Crippen LogP) is 2.26. The molecule has 0 aliphatic rings. The highest BCUT2D eigenvalue weighted by Gasteiger charge is 2.15. The maximum absolute atomic E-state index is 11.4. The fourth-order valence-electron chi connectivity index (χ4n) is 1.82. The van der Waals surface area contributed by atoms with Gasteiger partial charge in [-0.25, -0.2) is 0 Å². The summed E-state index contributed by atoms with van der Waals surface area (Å²) in [4.78, 5) is 14.6. The molecule has 0 saturated carbocycles. The molecule has 0 spiro atoms. The molecule has 0 fully saturated rings. The molecule has 16 heavy (non-hydrogen) atoms. The SMILES string of the molecule is CN[C@@H](Cc1c[nH]c2ccccc12)C(=O)I. The Morgan fingerprint density at radius 2 is 2.25 bits per heavy atom. The molecule has 0 unspecified atom stereocenters. The van der Waals surface area contributed by atoms with Gasteiger partial charge in [-0.05, 0) is 25.1 Å². The molecule has 1 heterocycles. The van der Waals surface area contributed by atoms with Crippen molar-refractivity contribution >= 4 is 37.3 Å². The van der Waals surface area contributed by atoms with Gasteiger partial charge in [0.25, 0.3) is 0 Å². The minimum atomic E-state index is -0.111. The summed E-state index contributed by atoms with van der Waals surface area (Å²) in [5.74, 6) is 0. The molecule has 0 saturated heterocycles. The summed E-state index contributed by atoms with van der Waals surface area (Å²) in [5, 5.41) is 4.23. The van der Waals surface area contributed by atoms with Crippen molar-refractivity contribution in [3.63, 3.8) is 0 Å². The van der Waals surface area contributed by atoms with Crippen LogP contribution in [0.2, 0.25) is 0 Å². The van der Waals surface area contributed by atoms with Crippen LogP contribution >= 0.6 is 22.6 Å². The number of hydrogen-bond donors (Lipinski definition) is 2. The highest BCUT2D eigenvalue weighted by Crippen LogP contribution is 2.19. The van der Waals surface area contributed by atoms with Gasteiger partial charge in [0.05, 0.1) is 6.04 Å². The first-order valence-corrected chi connectivity index (χ1v) is 6.22. The van der Waals surface area contributed by atoms with Gasteiger partial charge in [0, 0.05) is 39.7 Å². The Morgan fingerprint density at radius 1 is 1.50 bits per heavy atom. The number of aromatic amines is 1. The molecule has 1 aromatic carbocycles. The third-order valence-electron chi connectivity index (χ3n) is 2.72. The Bertz CT molecular complexity index is 506. The molecule has 4 heteroatoms. The third-order valence-corrected chi connectivity index (χ3v) is 3.47. The summed E-state index contributed by atoms with van der Waals surface area (Å²) >= 11 is 1.84. The second-order valence-electron chi connectivity index (χ2n) is 3.71.